The molecule has 1 aliphatic heterocycles. The molecule has 1 aliphatic rings. The molecule has 0 bridgehead atoms. The number of hydrogen-bond donors (Lipinski definition) is 1. The zero-order valence-electron chi connectivity index (χ0n) is 9.91. The first kappa shape index (κ1) is 11.0. The summed E-state index contributed by atoms with van der Waals surface area (Å²) in [4.78, 5) is 11.9. The van der Waals surface area contributed by atoms with Gasteiger partial charge in [-0.1, -0.05) is 18.2 Å². The zero-order chi connectivity index (χ0) is 11.8. The molecule has 16 heavy (non-hydrogen) atoms. The Morgan fingerprint density at radius 3 is 2.69 bits per heavy atom. The van der Waals surface area contributed by atoms with Crippen molar-refractivity contribution in [1.29, 1.82) is 0 Å². The minimum atomic E-state index is -0.378. The maximum Gasteiger partial charge on any atom is 0.261 e. The Balaban J connectivity index is 2.04. The van der Waals surface area contributed by atoms with Crippen LogP contribution in [-0.2, 0) is 11.2 Å². The third-order valence-electron chi connectivity index (χ3n) is 2.44. The van der Waals surface area contributed by atoms with E-state index in [2.05, 4.69) is 5.32 Å². The van der Waals surface area contributed by atoms with Crippen LogP contribution >= 0.6 is 0 Å². The Morgan fingerprint density at radius 1 is 1.38 bits per heavy atom. The number of hydrogen-bond acceptors (Lipinski definition) is 2. The molecule has 1 aromatic rings. The van der Waals surface area contributed by atoms with E-state index in [1.165, 1.54) is 0 Å². The second-order valence-corrected chi connectivity index (χ2v) is 5.16. The summed E-state index contributed by atoms with van der Waals surface area (Å²) in [7, 11) is 0. The standard InChI is InChI=1S/C13H17NO2/c1-13(2,3)14-12(15)11-8-9-6-4-5-7-10(9)16-11/h4-7,11H,8H2,1-3H3,(H,14,15). The van der Waals surface area contributed by atoms with Crippen LogP contribution in [0.25, 0.3) is 0 Å². The number of para-hydroxylation sites is 1. The average Bonchev–Trinajstić information content (AvgIpc) is 2.58. The maximum atomic E-state index is 11.9. The van der Waals surface area contributed by atoms with Gasteiger partial charge in [0.25, 0.3) is 5.91 Å². The monoisotopic (exact) mass is 219 g/mol. The summed E-state index contributed by atoms with van der Waals surface area (Å²) in [5, 5.41) is 2.93. The number of nitrogens with one attached hydrogen (secondary N) is 1. The molecule has 0 spiro atoms. The SMILES string of the molecule is CC(C)(C)NC(=O)C1Cc2ccccc2O1. The quantitative estimate of drug-likeness (QED) is 0.783. The van der Waals surface area contributed by atoms with Crippen molar-refractivity contribution in [2.45, 2.75) is 38.8 Å². The van der Waals surface area contributed by atoms with Crippen LogP contribution in [0.1, 0.15) is 26.3 Å². The molecule has 86 valence electrons. The Hall–Kier alpha value is -1.51. The molecule has 3 nitrogen and oxygen atoms in total. The summed E-state index contributed by atoms with van der Waals surface area (Å²) >= 11 is 0. The molecule has 1 aromatic carbocycles. The second kappa shape index (κ2) is 3.81. The van der Waals surface area contributed by atoms with E-state index < -0.39 is 0 Å². The highest BCUT2D eigenvalue weighted by Gasteiger charge is 2.30. The zero-order valence-corrected chi connectivity index (χ0v) is 9.91. The smallest absolute Gasteiger partial charge is 0.261 e. The van der Waals surface area contributed by atoms with Crippen molar-refractivity contribution in [1.82, 2.24) is 5.32 Å². The van der Waals surface area contributed by atoms with Crippen LogP contribution in [0.2, 0.25) is 0 Å². The predicted octanol–water partition coefficient (Wildman–Crippen LogP) is 1.90. The topological polar surface area (TPSA) is 38.3 Å². The highest BCUT2D eigenvalue weighted by Crippen LogP contribution is 2.28. The van der Waals surface area contributed by atoms with Gasteiger partial charge in [0.15, 0.2) is 6.10 Å². The normalized spacial score (nSPS) is 18.8. The van der Waals surface area contributed by atoms with Gasteiger partial charge < -0.3 is 10.1 Å². The van der Waals surface area contributed by atoms with E-state index in [0.717, 1.165) is 11.3 Å². The van der Waals surface area contributed by atoms with Gasteiger partial charge in [-0.25, -0.2) is 0 Å². The molecule has 0 saturated carbocycles. The minimum absolute atomic E-state index is 0.0382. The Bertz CT molecular complexity index is 382. The summed E-state index contributed by atoms with van der Waals surface area (Å²) in [5.41, 5.74) is 0.895. The molecular formula is C13H17NO2. The Morgan fingerprint density at radius 2 is 2.06 bits per heavy atom. The highest BCUT2D eigenvalue weighted by molar-refractivity contribution is 5.83. The van der Waals surface area contributed by atoms with Crippen molar-refractivity contribution in [2.75, 3.05) is 0 Å². The number of fused-ring (bicyclic) bond motifs is 1. The summed E-state index contributed by atoms with van der Waals surface area (Å²) in [6.45, 7) is 5.90. The predicted molar refractivity (Wildman–Crippen MR) is 62.5 cm³/mol. The third kappa shape index (κ3) is 2.35. The number of benzene rings is 1. The van der Waals surface area contributed by atoms with Crippen LogP contribution < -0.4 is 10.1 Å². The van der Waals surface area contributed by atoms with E-state index in [4.69, 9.17) is 4.74 Å². The third-order valence-corrected chi connectivity index (χ3v) is 2.44. The molecule has 1 N–H and O–H groups in total. The van der Waals surface area contributed by atoms with Crippen molar-refractivity contribution < 1.29 is 9.53 Å². The summed E-state index contributed by atoms with van der Waals surface area (Å²) in [6, 6.07) is 7.79. The summed E-state index contributed by atoms with van der Waals surface area (Å²) in [5.74, 6) is 0.792. The molecule has 1 unspecified atom stereocenters. The van der Waals surface area contributed by atoms with E-state index in [0.29, 0.717) is 6.42 Å². The van der Waals surface area contributed by atoms with Crippen molar-refractivity contribution in [3.8, 4) is 5.75 Å². The highest BCUT2D eigenvalue weighted by atomic mass is 16.5. The van der Waals surface area contributed by atoms with Gasteiger partial charge in [0.1, 0.15) is 5.75 Å². The van der Waals surface area contributed by atoms with Crippen LogP contribution in [0, 0.1) is 0 Å². The van der Waals surface area contributed by atoms with Crippen LogP contribution in [0.4, 0.5) is 0 Å². The molecule has 0 saturated heterocycles. The van der Waals surface area contributed by atoms with E-state index in [-0.39, 0.29) is 17.6 Å². The molecule has 3 heteroatoms. The lowest BCUT2D eigenvalue weighted by molar-refractivity contribution is -0.128. The van der Waals surface area contributed by atoms with Crippen molar-refractivity contribution >= 4 is 5.91 Å². The molecule has 1 amide bonds. The molecule has 0 aliphatic carbocycles. The first-order valence-electron chi connectivity index (χ1n) is 5.52. The summed E-state index contributed by atoms with van der Waals surface area (Å²) in [6.07, 6.45) is 0.287. The van der Waals surface area contributed by atoms with Gasteiger partial charge in [-0.2, -0.15) is 0 Å². The lowest BCUT2D eigenvalue weighted by Gasteiger charge is -2.22. The van der Waals surface area contributed by atoms with Crippen LogP contribution in [-0.4, -0.2) is 17.6 Å². The molecular weight excluding hydrogens is 202 g/mol. The Labute approximate surface area is 95.8 Å². The van der Waals surface area contributed by atoms with E-state index in [1.807, 2.05) is 45.0 Å². The van der Waals surface area contributed by atoms with Crippen LogP contribution in [0.3, 0.4) is 0 Å². The molecule has 0 aromatic heterocycles. The molecule has 2 rings (SSSR count). The minimum Gasteiger partial charge on any atom is -0.480 e. The number of carbonyl (C=O) groups is 1. The van der Waals surface area contributed by atoms with Gasteiger partial charge in [0.05, 0.1) is 0 Å². The number of amides is 1. The van der Waals surface area contributed by atoms with E-state index in [9.17, 15) is 4.79 Å². The Kier molecular flexibility index (Phi) is 2.62. The lowest BCUT2D eigenvalue weighted by atomic mass is 10.1. The van der Waals surface area contributed by atoms with E-state index >= 15 is 0 Å². The molecule has 0 fully saturated rings. The number of ether oxygens (including phenoxy) is 1. The van der Waals surface area contributed by atoms with Gasteiger partial charge in [-0.05, 0) is 32.4 Å². The molecule has 1 atom stereocenters. The van der Waals surface area contributed by atoms with Gasteiger partial charge in [0.2, 0.25) is 0 Å². The first-order valence-corrected chi connectivity index (χ1v) is 5.52. The number of rotatable bonds is 1. The molecule has 1 heterocycles. The molecule has 0 radical (unpaired) electrons. The largest absolute Gasteiger partial charge is 0.480 e. The van der Waals surface area contributed by atoms with Crippen molar-refractivity contribution in [3.05, 3.63) is 29.8 Å². The maximum absolute atomic E-state index is 11.9. The average molecular weight is 219 g/mol. The fourth-order valence-electron chi connectivity index (χ4n) is 1.78. The second-order valence-electron chi connectivity index (χ2n) is 5.16. The van der Waals surface area contributed by atoms with Crippen molar-refractivity contribution in [2.24, 2.45) is 0 Å². The van der Waals surface area contributed by atoms with Gasteiger partial charge in [-0.15, -0.1) is 0 Å². The van der Waals surface area contributed by atoms with Gasteiger partial charge in [0, 0.05) is 12.0 Å². The lowest BCUT2D eigenvalue weighted by Crippen LogP contribution is -2.47. The number of carbonyl (C=O) groups excluding carboxylic acids is 1. The van der Waals surface area contributed by atoms with E-state index in [1.54, 1.807) is 0 Å². The van der Waals surface area contributed by atoms with Crippen molar-refractivity contribution in [3.63, 3.8) is 0 Å². The van der Waals surface area contributed by atoms with Crippen LogP contribution in [0.5, 0.6) is 5.75 Å². The first-order chi connectivity index (χ1) is 7.46. The summed E-state index contributed by atoms with van der Waals surface area (Å²) < 4.78 is 5.60. The fraction of sp³-hybridized carbons (Fsp3) is 0.462. The van der Waals surface area contributed by atoms with Crippen LogP contribution in [0.15, 0.2) is 24.3 Å². The van der Waals surface area contributed by atoms with Gasteiger partial charge >= 0.3 is 0 Å². The van der Waals surface area contributed by atoms with Gasteiger partial charge in [-0.3, -0.25) is 4.79 Å². The fourth-order valence-corrected chi connectivity index (χ4v) is 1.78.